The Morgan fingerprint density at radius 1 is 1.71 bits per heavy atom. The minimum absolute atomic E-state index is 0.155. The molecule has 1 fully saturated rings. The van der Waals surface area contributed by atoms with Crippen LogP contribution in [0.4, 0.5) is 0 Å². The van der Waals surface area contributed by atoms with Crippen molar-refractivity contribution >= 4 is 5.97 Å². The van der Waals surface area contributed by atoms with Gasteiger partial charge in [0.1, 0.15) is 0 Å². The minimum Gasteiger partial charge on any atom is -0.465 e. The van der Waals surface area contributed by atoms with Crippen molar-refractivity contribution < 1.29 is 9.53 Å². The van der Waals surface area contributed by atoms with E-state index in [1.54, 1.807) is 0 Å². The van der Waals surface area contributed by atoms with E-state index in [0.29, 0.717) is 12.5 Å². The van der Waals surface area contributed by atoms with Crippen LogP contribution in [0.1, 0.15) is 33.6 Å². The van der Waals surface area contributed by atoms with Gasteiger partial charge >= 0.3 is 5.97 Å². The van der Waals surface area contributed by atoms with E-state index in [9.17, 15) is 4.79 Å². The molecule has 2 heteroatoms. The van der Waals surface area contributed by atoms with E-state index in [-0.39, 0.29) is 11.4 Å². The molecule has 0 aromatic rings. The van der Waals surface area contributed by atoms with Crippen molar-refractivity contribution in [3.63, 3.8) is 0 Å². The first-order valence-corrected chi connectivity index (χ1v) is 5.34. The maximum absolute atomic E-state index is 10.8. The summed E-state index contributed by atoms with van der Waals surface area (Å²) in [6, 6.07) is 0. The van der Waals surface area contributed by atoms with Crippen molar-refractivity contribution in [1.82, 2.24) is 0 Å². The van der Waals surface area contributed by atoms with E-state index in [2.05, 4.69) is 19.9 Å². The number of fused-ring (bicyclic) bond motifs is 1. The second-order valence-corrected chi connectivity index (χ2v) is 4.96. The number of carbonyl (C=O) groups is 1. The fourth-order valence-corrected chi connectivity index (χ4v) is 2.96. The molecule has 2 bridgehead atoms. The van der Waals surface area contributed by atoms with Gasteiger partial charge < -0.3 is 4.74 Å². The van der Waals surface area contributed by atoms with E-state index < -0.39 is 0 Å². The molecule has 0 N–H and O–H groups in total. The molecule has 0 amide bonds. The molecule has 0 radical (unpaired) electrons. The third-order valence-corrected chi connectivity index (χ3v) is 4.11. The molecule has 0 aliphatic heterocycles. The van der Waals surface area contributed by atoms with Gasteiger partial charge in [0, 0.05) is 12.3 Å². The molecule has 3 aliphatic carbocycles. The predicted molar refractivity (Wildman–Crippen MR) is 54.7 cm³/mol. The van der Waals surface area contributed by atoms with Crippen molar-refractivity contribution in [2.45, 2.75) is 33.6 Å². The molecule has 0 unspecified atom stereocenters. The number of carbonyl (C=O) groups excluding carboxylic acids is 1. The van der Waals surface area contributed by atoms with Crippen LogP contribution in [0.5, 0.6) is 0 Å². The minimum atomic E-state index is -0.155. The van der Waals surface area contributed by atoms with Gasteiger partial charge in [-0.3, -0.25) is 4.79 Å². The van der Waals surface area contributed by atoms with Gasteiger partial charge in [0.05, 0.1) is 6.61 Å². The first-order valence-electron chi connectivity index (χ1n) is 5.34. The van der Waals surface area contributed by atoms with Gasteiger partial charge in [-0.15, -0.1) is 0 Å². The van der Waals surface area contributed by atoms with Crippen molar-refractivity contribution in [3.05, 3.63) is 11.6 Å². The molecule has 1 saturated carbocycles. The number of rotatable bonds is 2. The lowest BCUT2D eigenvalue weighted by molar-refractivity contribution is -0.154. The molecule has 3 rings (SSSR count). The van der Waals surface area contributed by atoms with Crippen LogP contribution in [0.25, 0.3) is 0 Å². The molecule has 2 nitrogen and oxygen atoms in total. The Labute approximate surface area is 85.3 Å². The van der Waals surface area contributed by atoms with E-state index in [1.165, 1.54) is 25.3 Å². The standard InChI is InChI=1S/C12H18O2/c1-8-4-5-10-6-11(8)12(10,3)7-14-9(2)13/h4,10-11H,5-7H2,1-3H3/t10-,11-,12-/m0/s1. The molecule has 3 aliphatic rings. The summed E-state index contributed by atoms with van der Waals surface area (Å²) in [5.41, 5.74) is 1.71. The summed E-state index contributed by atoms with van der Waals surface area (Å²) < 4.78 is 5.17. The highest BCUT2D eigenvalue weighted by atomic mass is 16.5. The normalized spacial score (nSPS) is 39.8. The summed E-state index contributed by atoms with van der Waals surface area (Å²) in [6.07, 6.45) is 4.80. The first kappa shape index (κ1) is 9.75. The van der Waals surface area contributed by atoms with Crippen molar-refractivity contribution in [1.29, 1.82) is 0 Å². The van der Waals surface area contributed by atoms with Gasteiger partial charge in [-0.05, 0) is 31.6 Å². The fourth-order valence-electron chi connectivity index (χ4n) is 2.96. The average Bonchev–Trinajstić information content (AvgIpc) is 2.13. The highest BCUT2D eigenvalue weighted by Crippen LogP contribution is 2.59. The number of hydrogen-bond donors (Lipinski definition) is 0. The maximum Gasteiger partial charge on any atom is 0.302 e. The Hall–Kier alpha value is -0.790. The molecular formula is C12H18O2. The Bertz CT molecular complexity index is 293. The quantitative estimate of drug-likeness (QED) is 0.499. The smallest absolute Gasteiger partial charge is 0.302 e. The van der Waals surface area contributed by atoms with E-state index in [4.69, 9.17) is 4.74 Å². The lowest BCUT2D eigenvalue weighted by Gasteiger charge is -2.57. The molecule has 0 saturated heterocycles. The van der Waals surface area contributed by atoms with Crippen molar-refractivity contribution in [2.24, 2.45) is 17.3 Å². The molecular weight excluding hydrogens is 176 g/mol. The van der Waals surface area contributed by atoms with Crippen LogP contribution < -0.4 is 0 Å². The average molecular weight is 194 g/mol. The second kappa shape index (κ2) is 3.11. The second-order valence-electron chi connectivity index (χ2n) is 4.96. The molecule has 3 atom stereocenters. The zero-order valence-electron chi connectivity index (χ0n) is 9.17. The van der Waals surface area contributed by atoms with Crippen LogP contribution in [-0.4, -0.2) is 12.6 Å². The monoisotopic (exact) mass is 194 g/mol. The van der Waals surface area contributed by atoms with Crippen LogP contribution in [0.15, 0.2) is 11.6 Å². The third kappa shape index (κ3) is 1.28. The SMILES string of the molecule is CC(=O)OC[C@@]1(C)[C@H]2CC=C(C)[C@@H]1C2. The van der Waals surface area contributed by atoms with Gasteiger partial charge in [0.15, 0.2) is 0 Å². The van der Waals surface area contributed by atoms with Crippen molar-refractivity contribution in [2.75, 3.05) is 6.61 Å². The Balaban J connectivity index is 2.04. The molecule has 0 spiro atoms. The Morgan fingerprint density at radius 3 is 2.93 bits per heavy atom. The molecule has 0 aromatic heterocycles. The highest BCUT2D eigenvalue weighted by Gasteiger charge is 2.54. The number of hydrogen-bond acceptors (Lipinski definition) is 2. The largest absolute Gasteiger partial charge is 0.465 e. The molecule has 0 heterocycles. The fraction of sp³-hybridized carbons (Fsp3) is 0.750. The molecule has 78 valence electrons. The van der Waals surface area contributed by atoms with Gasteiger partial charge in [0.2, 0.25) is 0 Å². The van der Waals surface area contributed by atoms with Crippen LogP contribution in [0.3, 0.4) is 0 Å². The maximum atomic E-state index is 10.8. The van der Waals surface area contributed by atoms with E-state index in [1.807, 2.05) is 0 Å². The lowest BCUT2D eigenvalue weighted by Crippen LogP contribution is -2.52. The van der Waals surface area contributed by atoms with E-state index >= 15 is 0 Å². The van der Waals surface area contributed by atoms with Gasteiger partial charge in [-0.2, -0.15) is 0 Å². The Morgan fingerprint density at radius 2 is 2.43 bits per heavy atom. The summed E-state index contributed by atoms with van der Waals surface area (Å²) in [4.78, 5) is 10.8. The summed E-state index contributed by atoms with van der Waals surface area (Å²) in [7, 11) is 0. The van der Waals surface area contributed by atoms with Crippen LogP contribution in [0, 0.1) is 17.3 Å². The lowest BCUT2D eigenvalue weighted by atomic mass is 9.48. The van der Waals surface area contributed by atoms with Gasteiger partial charge in [-0.1, -0.05) is 18.6 Å². The van der Waals surface area contributed by atoms with Gasteiger partial charge in [-0.25, -0.2) is 0 Å². The third-order valence-electron chi connectivity index (χ3n) is 4.11. The summed E-state index contributed by atoms with van der Waals surface area (Å²) in [5.74, 6) is 1.23. The van der Waals surface area contributed by atoms with Crippen LogP contribution in [0.2, 0.25) is 0 Å². The van der Waals surface area contributed by atoms with Crippen LogP contribution >= 0.6 is 0 Å². The number of ether oxygens (including phenoxy) is 1. The molecule has 14 heavy (non-hydrogen) atoms. The number of allylic oxidation sites excluding steroid dienone is 2. The number of esters is 1. The predicted octanol–water partition coefficient (Wildman–Crippen LogP) is 2.54. The topological polar surface area (TPSA) is 26.3 Å². The van der Waals surface area contributed by atoms with Crippen LogP contribution in [-0.2, 0) is 9.53 Å². The van der Waals surface area contributed by atoms with Crippen molar-refractivity contribution in [3.8, 4) is 0 Å². The zero-order valence-corrected chi connectivity index (χ0v) is 9.17. The highest BCUT2D eigenvalue weighted by molar-refractivity contribution is 5.66. The first-order chi connectivity index (χ1) is 6.54. The molecule has 0 aromatic carbocycles. The summed E-state index contributed by atoms with van der Waals surface area (Å²) in [5, 5.41) is 0. The zero-order chi connectivity index (χ0) is 10.3. The Kier molecular flexibility index (Phi) is 2.17. The summed E-state index contributed by atoms with van der Waals surface area (Å²) in [6.45, 7) is 6.54. The summed E-state index contributed by atoms with van der Waals surface area (Å²) >= 11 is 0. The van der Waals surface area contributed by atoms with E-state index in [0.717, 1.165) is 5.92 Å². The van der Waals surface area contributed by atoms with Gasteiger partial charge in [0.25, 0.3) is 0 Å².